The van der Waals surface area contributed by atoms with Gasteiger partial charge < -0.3 is 9.47 Å². The van der Waals surface area contributed by atoms with E-state index in [0.717, 1.165) is 42.4 Å². The second-order valence-corrected chi connectivity index (χ2v) is 10.8. The molecule has 1 fully saturated rings. The zero-order valence-corrected chi connectivity index (χ0v) is 24.1. The number of esters is 1. The minimum absolute atomic E-state index is 0.000751. The first kappa shape index (κ1) is 30.8. The fourth-order valence-electron chi connectivity index (χ4n) is 5.31. The fourth-order valence-corrected chi connectivity index (χ4v) is 5.31. The molecule has 6 nitrogen and oxygen atoms in total. The molecule has 44 heavy (non-hydrogen) atoms. The first-order valence-electron chi connectivity index (χ1n) is 14.6. The number of halogens is 3. The fraction of sp³-hybridized carbons (Fsp3) is 0.286. The van der Waals surface area contributed by atoms with Crippen LogP contribution in [0.1, 0.15) is 70.8 Å². The van der Waals surface area contributed by atoms with Crippen molar-refractivity contribution in [3.63, 3.8) is 0 Å². The predicted molar refractivity (Wildman–Crippen MR) is 160 cm³/mol. The van der Waals surface area contributed by atoms with Gasteiger partial charge >= 0.3 is 18.1 Å². The number of nitrogens with zero attached hydrogens (tertiary/aromatic N) is 2. The summed E-state index contributed by atoms with van der Waals surface area (Å²) in [5.74, 6) is -2.39. The second-order valence-electron chi connectivity index (χ2n) is 10.8. The molecule has 3 aromatic carbocycles. The Balaban J connectivity index is 1.43. The SMILES string of the molecule is O=C(OCc1ccccc1)c1ccc(N(Cc2ccc(C3CCCCC3)cn2)C(=O)C(F)(F)F)cc1OCc1ccccc1. The predicted octanol–water partition coefficient (Wildman–Crippen LogP) is 8.16. The molecule has 0 radical (unpaired) electrons. The first-order chi connectivity index (χ1) is 21.3. The van der Waals surface area contributed by atoms with Crippen molar-refractivity contribution >= 4 is 17.6 Å². The molecule has 228 valence electrons. The molecule has 1 aliphatic carbocycles. The molecule has 0 aliphatic heterocycles. The van der Waals surface area contributed by atoms with Crippen molar-refractivity contribution in [3.8, 4) is 5.75 Å². The molecule has 9 heteroatoms. The van der Waals surface area contributed by atoms with E-state index in [1.165, 1.54) is 24.6 Å². The number of carbonyl (C=O) groups is 2. The third-order valence-electron chi connectivity index (χ3n) is 7.68. The van der Waals surface area contributed by atoms with Crippen LogP contribution in [0.5, 0.6) is 5.75 Å². The van der Waals surface area contributed by atoms with Crippen LogP contribution < -0.4 is 9.64 Å². The highest BCUT2D eigenvalue weighted by Crippen LogP contribution is 2.34. The number of hydrogen-bond acceptors (Lipinski definition) is 5. The molecule has 1 saturated carbocycles. The molecule has 5 rings (SSSR count). The third kappa shape index (κ3) is 8.03. The van der Waals surface area contributed by atoms with Gasteiger partial charge in [-0.2, -0.15) is 13.2 Å². The van der Waals surface area contributed by atoms with Crippen molar-refractivity contribution in [3.05, 3.63) is 125 Å². The molecule has 1 aromatic heterocycles. The molecule has 0 spiro atoms. The Hall–Kier alpha value is -4.66. The van der Waals surface area contributed by atoms with Crippen molar-refractivity contribution < 1.29 is 32.2 Å². The number of benzene rings is 3. The van der Waals surface area contributed by atoms with E-state index in [2.05, 4.69) is 4.98 Å². The summed E-state index contributed by atoms with van der Waals surface area (Å²) in [6.07, 6.45) is 2.17. The van der Waals surface area contributed by atoms with Crippen LogP contribution in [-0.2, 0) is 29.3 Å². The minimum atomic E-state index is -5.14. The lowest BCUT2D eigenvalue weighted by atomic mass is 9.85. The first-order valence-corrected chi connectivity index (χ1v) is 14.6. The zero-order chi connectivity index (χ0) is 30.9. The van der Waals surface area contributed by atoms with Gasteiger partial charge in [-0.05, 0) is 53.6 Å². The van der Waals surface area contributed by atoms with Gasteiger partial charge in [0, 0.05) is 18.0 Å². The van der Waals surface area contributed by atoms with Gasteiger partial charge in [0.2, 0.25) is 0 Å². The standard InChI is InChI=1S/C35H33F3N2O4/c36-35(37,38)34(42)40(22-29-17-16-28(21-39-29)27-14-8-3-9-15-27)30-18-19-31(33(41)44-24-26-12-6-2-7-13-26)32(20-30)43-23-25-10-4-1-5-11-25/h1-2,4-7,10-13,16-21,27H,3,8-9,14-15,22-24H2. The average Bonchev–Trinajstić information content (AvgIpc) is 3.06. The highest BCUT2D eigenvalue weighted by atomic mass is 19.4. The normalized spacial score (nSPS) is 13.7. The zero-order valence-electron chi connectivity index (χ0n) is 24.1. The van der Waals surface area contributed by atoms with Crippen LogP contribution >= 0.6 is 0 Å². The Kier molecular flexibility index (Phi) is 9.94. The number of hydrogen-bond donors (Lipinski definition) is 0. The third-order valence-corrected chi connectivity index (χ3v) is 7.68. The van der Waals surface area contributed by atoms with Crippen molar-refractivity contribution in [2.45, 2.75) is 64.0 Å². The molecular formula is C35H33F3N2O4. The summed E-state index contributed by atoms with van der Waals surface area (Å²) in [6, 6.07) is 25.6. The number of anilines is 1. The van der Waals surface area contributed by atoms with Crippen molar-refractivity contribution in [1.82, 2.24) is 4.98 Å². The Morgan fingerprint density at radius 2 is 1.48 bits per heavy atom. The highest BCUT2D eigenvalue weighted by molar-refractivity contribution is 5.99. The Labute approximate surface area is 254 Å². The van der Waals surface area contributed by atoms with Crippen LogP contribution in [0.3, 0.4) is 0 Å². The number of amides is 1. The van der Waals surface area contributed by atoms with E-state index in [1.807, 2.05) is 54.6 Å². The topological polar surface area (TPSA) is 68.7 Å². The van der Waals surface area contributed by atoms with E-state index in [9.17, 15) is 22.8 Å². The molecule has 0 saturated heterocycles. The number of alkyl halides is 3. The summed E-state index contributed by atoms with van der Waals surface area (Å²) in [6.45, 7) is -0.374. The number of rotatable bonds is 10. The smallest absolute Gasteiger partial charge is 0.471 e. The quantitative estimate of drug-likeness (QED) is 0.171. The Morgan fingerprint density at radius 3 is 2.09 bits per heavy atom. The second kappa shape index (κ2) is 14.2. The number of ether oxygens (including phenoxy) is 2. The Morgan fingerprint density at radius 1 is 0.818 bits per heavy atom. The molecule has 0 bridgehead atoms. The maximum Gasteiger partial charge on any atom is 0.471 e. The largest absolute Gasteiger partial charge is 0.488 e. The lowest BCUT2D eigenvalue weighted by Gasteiger charge is -2.25. The number of aromatic nitrogens is 1. The highest BCUT2D eigenvalue weighted by Gasteiger charge is 2.43. The number of pyridine rings is 1. The maximum absolute atomic E-state index is 13.8. The minimum Gasteiger partial charge on any atom is -0.488 e. The summed E-state index contributed by atoms with van der Waals surface area (Å²) >= 11 is 0. The summed E-state index contributed by atoms with van der Waals surface area (Å²) < 4.78 is 52.9. The van der Waals surface area contributed by atoms with Gasteiger partial charge in [-0.3, -0.25) is 14.7 Å². The molecule has 1 amide bonds. The number of carbonyl (C=O) groups excluding carboxylic acids is 2. The molecular weight excluding hydrogens is 569 g/mol. The molecule has 0 atom stereocenters. The van der Waals surface area contributed by atoms with Gasteiger partial charge in [0.1, 0.15) is 24.5 Å². The van der Waals surface area contributed by atoms with Gasteiger partial charge in [-0.15, -0.1) is 0 Å². The van der Waals surface area contributed by atoms with E-state index in [4.69, 9.17) is 9.47 Å². The molecule has 0 N–H and O–H groups in total. The van der Waals surface area contributed by atoms with Crippen molar-refractivity contribution in [1.29, 1.82) is 0 Å². The monoisotopic (exact) mass is 602 g/mol. The van der Waals surface area contributed by atoms with Crippen LogP contribution in [0.25, 0.3) is 0 Å². The van der Waals surface area contributed by atoms with Gasteiger partial charge in [-0.25, -0.2) is 4.79 Å². The van der Waals surface area contributed by atoms with E-state index in [1.54, 1.807) is 24.4 Å². The van der Waals surface area contributed by atoms with E-state index >= 15 is 0 Å². The van der Waals surface area contributed by atoms with Crippen LogP contribution in [-0.4, -0.2) is 23.0 Å². The lowest BCUT2D eigenvalue weighted by Crippen LogP contribution is -2.41. The summed E-state index contributed by atoms with van der Waals surface area (Å²) in [5, 5.41) is 0. The average molecular weight is 603 g/mol. The van der Waals surface area contributed by atoms with Gasteiger partial charge in [-0.1, -0.05) is 86.0 Å². The molecule has 4 aromatic rings. The van der Waals surface area contributed by atoms with Crippen LogP contribution in [0.4, 0.5) is 18.9 Å². The van der Waals surface area contributed by atoms with Crippen LogP contribution in [0.15, 0.2) is 97.2 Å². The van der Waals surface area contributed by atoms with E-state index in [-0.39, 0.29) is 30.2 Å². The summed E-state index contributed by atoms with van der Waals surface area (Å²) in [4.78, 5) is 30.8. The molecule has 1 heterocycles. The maximum atomic E-state index is 13.8. The van der Waals surface area contributed by atoms with Crippen molar-refractivity contribution in [2.75, 3.05) is 4.90 Å². The Bertz CT molecular complexity index is 1540. The van der Waals surface area contributed by atoms with Gasteiger partial charge in [0.05, 0.1) is 12.2 Å². The molecule has 1 aliphatic rings. The lowest BCUT2D eigenvalue weighted by molar-refractivity contribution is -0.170. The van der Waals surface area contributed by atoms with Crippen LogP contribution in [0, 0.1) is 0 Å². The summed E-state index contributed by atoms with van der Waals surface area (Å²) in [7, 11) is 0. The van der Waals surface area contributed by atoms with Crippen LogP contribution in [0.2, 0.25) is 0 Å². The van der Waals surface area contributed by atoms with E-state index in [0.29, 0.717) is 16.5 Å². The molecule has 0 unspecified atom stereocenters. The van der Waals surface area contributed by atoms with Gasteiger partial charge in [0.15, 0.2) is 0 Å². The van der Waals surface area contributed by atoms with Crippen molar-refractivity contribution in [2.24, 2.45) is 0 Å². The summed E-state index contributed by atoms with van der Waals surface area (Å²) in [5.41, 5.74) is 2.85. The van der Waals surface area contributed by atoms with E-state index < -0.39 is 24.6 Å². The van der Waals surface area contributed by atoms with Gasteiger partial charge in [0.25, 0.3) is 0 Å².